The first-order valence-corrected chi connectivity index (χ1v) is 7.36. The Balaban J connectivity index is 2.21. The molecular formula is C14H28N2O2. The summed E-state index contributed by atoms with van der Waals surface area (Å²) in [4.78, 5) is 10.8. The third-order valence-corrected chi connectivity index (χ3v) is 4.08. The second-order valence-corrected chi connectivity index (χ2v) is 5.76. The molecule has 0 bridgehead atoms. The van der Waals surface area contributed by atoms with E-state index in [4.69, 9.17) is 0 Å². The van der Waals surface area contributed by atoms with Crippen LogP contribution in [0.4, 0.5) is 0 Å². The number of nitrogens with zero attached hydrogens (tertiary/aromatic N) is 1. The third kappa shape index (κ3) is 4.94. The molecule has 0 spiro atoms. The molecule has 4 heteroatoms. The van der Waals surface area contributed by atoms with Crippen LogP contribution in [0.3, 0.4) is 0 Å². The van der Waals surface area contributed by atoms with Gasteiger partial charge in [-0.1, -0.05) is 39.0 Å². The number of likely N-dealkylation sites (N-methyl/N-ethyl adjacent to an activating group) is 1. The molecule has 2 atom stereocenters. The van der Waals surface area contributed by atoms with Gasteiger partial charge in [-0.2, -0.15) is 0 Å². The minimum atomic E-state index is -0.936. The van der Waals surface area contributed by atoms with Gasteiger partial charge in [0.1, 0.15) is 12.7 Å². The van der Waals surface area contributed by atoms with Crippen molar-refractivity contribution in [1.82, 2.24) is 5.32 Å². The van der Waals surface area contributed by atoms with Crippen molar-refractivity contribution in [3.05, 3.63) is 0 Å². The zero-order chi connectivity index (χ0) is 13.4. The number of nitrogens with one attached hydrogen (secondary N) is 1. The third-order valence-electron chi connectivity index (χ3n) is 4.08. The number of quaternary nitrogens is 1. The fourth-order valence-corrected chi connectivity index (χ4v) is 2.88. The quantitative estimate of drug-likeness (QED) is 0.492. The molecule has 4 nitrogen and oxygen atoms in total. The van der Waals surface area contributed by atoms with E-state index in [2.05, 4.69) is 12.2 Å². The molecule has 0 aromatic heterocycles. The first-order chi connectivity index (χ1) is 8.58. The fraction of sp³-hybridized carbons (Fsp3) is 0.929. The molecule has 0 radical (unpaired) electrons. The van der Waals surface area contributed by atoms with Gasteiger partial charge in [-0.25, -0.2) is 0 Å². The van der Waals surface area contributed by atoms with Crippen molar-refractivity contribution in [3.8, 4) is 0 Å². The molecular weight excluding hydrogens is 228 g/mol. The van der Waals surface area contributed by atoms with Gasteiger partial charge in [-0.3, -0.25) is 5.32 Å². The second kappa shape index (κ2) is 7.74. The van der Waals surface area contributed by atoms with Gasteiger partial charge in [0.2, 0.25) is 0 Å². The van der Waals surface area contributed by atoms with Crippen molar-refractivity contribution >= 4 is 5.97 Å². The molecule has 0 aliphatic carbocycles. The highest BCUT2D eigenvalue weighted by Crippen LogP contribution is 2.19. The monoisotopic (exact) mass is 256 g/mol. The van der Waals surface area contributed by atoms with Crippen LogP contribution in [0.2, 0.25) is 0 Å². The predicted molar refractivity (Wildman–Crippen MR) is 70.7 cm³/mol. The van der Waals surface area contributed by atoms with E-state index in [-0.39, 0.29) is 6.54 Å². The number of rotatable bonds is 9. The maximum absolute atomic E-state index is 10.8. The number of hydrogen-bond acceptors (Lipinski definition) is 3. The first-order valence-electron chi connectivity index (χ1n) is 7.36. The molecule has 0 aromatic carbocycles. The highest BCUT2D eigenvalue weighted by molar-refractivity contribution is 5.65. The molecule has 1 fully saturated rings. The largest absolute Gasteiger partial charge is 0.544 e. The Hall–Kier alpha value is -0.610. The lowest BCUT2D eigenvalue weighted by Gasteiger charge is -2.35. The smallest absolute Gasteiger partial charge is 0.143 e. The van der Waals surface area contributed by atoms with Crippen LogP contribution in [0.15, 0.2) is 0 Å². The lowest BCUT2D eigenvalue weighted by molar-refractivity contribution is -0.917. The summed E-state index contributed by atoms with van der Waals surface area (Å²) in [5.74, 6) is -0.936. The molecule has 1 saturated heterocycles. The van der Waals surface area contributed by atoms with Crippen molar-refractivity contribution in [2.75, 3.05) is 26.7 Å². The van der Waals surface area contributed by atoms with E-state index >= 15 is 0 Å². The van der Waals surface area contributed by atoms with Crippen LogP contribution in [0.25, 0.3) is 0 Å². The van der Waals surface area contributed by atoms with Crippen molar-refractivity contribution < 1.29 is 14.4 Å². The van der Waals surface area contributed by atoms with Crippen molar-refractivity contribution in [3.63, 3.8) is 0 Å². The molecule has 0 saturated carbocycles. The maximum atomic E-state index is 10.8. The topological polar surface area (TPSA) is 52.2 Å². The van der Waals surface area contributed by atoms with Gasteiger partial charge in [-0.15, -0.1) is 0 Å². The summed E-state index contributed by atoms with van der Waals surface area (Å²) in [6, 6.07) is 0. The second-order valence-electron chi connectivity index (χ2n) is 5.76. The summed E-state index contributed by atoms with van der Waals surface area (Å²) < 4.78 is 0.595. The van der Waals surface area contributed by atoms with Crippen LogP contribution < -0.4 is 10.4 Å². The van der Waals surface area contributed by atoms with Crippen LogP contribution in [0.5, 0.6) is 0 Å². The summed E-state index contributed by atoms with van der Waals surface area (Å²) in [6.07, 6.45) is 9.10. The Morgan fingerprint density at radius 1 is 1.28 bits per heavy atom. The SMILES string of the molecule is CCCCCCCCC1NCC[N+]1(C)CC(=O)[O-]. The average Bonchev–Trinajstić information content (AvgIpc) is 2.63. The number of hydrogen-bond donors (Lipinski definition) is 1. The van der Waals surface area contributed by atoms with Gasteiger partial charge in [0.25, 0.3) is 0 Å². The summed E-state index contributed by atoms with van der Waals surface area (Å²) in [5, 5.41) is 14.2. The van der Waals surface area contributed by atoms with E-state index in [1.165, 1.54) is 38.5 Å². The van der Waals surface area contributed by atoms with Crippen LogP contribution in [0.1, 0.15) is 51.9 Å². The standard InChI is InChI=1S/C14H28N2O2/c1-3-4-5-6-7-8-9-13-15-10-11-16(13,2)12-14(17)18/h13,15H,3-12H2,1-2H3. The number of carboxylic acids is 1. The normalized spacial score (nSPS) is 27.6. The zero-order valence-electron chi connectivity index (χ0n) is 11.9. The highest BCUT2D eigenvalue weighted by Gasteiger charge is 2.36. The average molecular weight is 256 g/mol. The highest BCUT2D eigenvalue weighted by atomic mass is 16.4. The van der Waals surface area contributed by atoms with E-state index < -0.39 is 5.97 Å². The Bertz CT molecular complexity index is 258. The summed E-state index contributed by atoms with van der Waals surface area (Å²) in [7, 11) is 2.03. The Labute approximate surface area is 111 Å². The van der Waals surface area contributed by atoms with E-state index in [1.54, 1.807) is 0 Å². The minimum Gasteiger partial charge on any atom is -0.544 e. The van der Waals surface area contributed by atoms with Crippen molar-refractivity contribution in [2.24, 2.45) is 0 Å². The molecule has 0 amide bonds. The van der Waals surface area contributed by atoms with Gasteiger partial charge < -0.3 is 14.4 Å². The summed E-state index contributed by atoms with van der Waals surface area (Å²) in [5.41, 5.74) is 0. The Morgan fingerprint density at radius 3 is 2.61 bits per heavy atom. The van der Waals surface area contributed by atoms with Gasteiger partial charge in [0, 0.05) is 6.42 Å². The van der Waals surface area contributed by atoms with Crippen LogP contribution in [0, 0.1) is 0 Å². The lowest BCUT2D eigenvalue weighted by Crippen LogP contribution is -2.56. The molecule has 0 aromatic rings. The lowest BCUT2D eigenvalue weighted by atomic mass is 10.1. The van der Waals surface area contributed by atoms with Crippen molar-refractivity contribution in [2.45, 2.75) is 58.0 Å². The van der Waals surface area contributed by atoms with E-state index in [9.17, 15) is 9.90 Å². The molecule has 1 rings (SSSR count). The van der Waals surface area contributed by atoms with Crippen LogP contribution in [-0.4, -0.2) is 43.3 Å². The minimum absolute atomic E-state index is 0.132. The first kappa shape index (κ1) is 15.4. The number of unbranched alkanes of at least 4 members (excludes halogenated alkanes) is 5. The van der Waals surface area contributed by atoms with Gasteiger partial charge in [0.05, 0.1) is 26.1 Å². The molecule has 18 heavy (non-hydrogen) atoms. The van der Waals surface area contributed by atoms with E-state index in [0.29, 0.717) is 10.6 Å². The fourth-order valence-electron chi connectivity index (χ4n) is 2.88. The number of carbonyl (C=O) groups excluding carboxylic acids is 1. The number of carboxylic acid groups (broad SMARTS) is 1. The molecule has 106 valence electrons. The maximum Gasteiger partial charge on any atom is 0.143 e. The van der Waals surface area contributed by atoms with Gasteiger partial charge in [-0.05, 0) is 6.42 Å². The Kier molecular flexibility index (Phi) is 6.65. The number of carbonyl (C=O) groups is 1. The predicted octanol–water partition coefficient (Wildman–Crippen LogP) is 0.863. The molecule has 1 aliphatic heterocycles. The summed E-state index contributed by atoms with van der Waals surface area (Å²) >= 11 is 0. The van der Waals surface area contributed by atoms with Crippen LogP contribution >= 0.6 is 0 Å². The van der Waals surface area contributed by atoms with Crippen molar-refractivity contribution in [1.29, 1.82) is 0 Å². The Morgan fingerprint density at radius 2 is 1.94 bits per heavy atom. The molecule has 1 heterocycles. The van der Waals surface area contributed by atoms with Crippen LogP contribution in [-0.2, 0) is 4.79 Å². The van der Waals surface area contributed by atoms with Gasteiger partial charge >= 0.3 is 0 Å². The number of aliphatic carboxylic acids is 1. The van der Waals surface area contributed by atoms with E-state index in [1.807, 2.05) is 7.05 Å². The molecule has 2 unspecified atom stereocenters. The molecule has 1 aliphatic rings. The van der Waals surface area contributed by atoms with Gasteiger partial charge in [0.15, 0.2) is 0 Å². The zero-order valence-corrected chi connectivity index (χ0v) is 11.9. The summed E-state index contributed by atoms with van der Waals surface area (Å²) in [6.45, 7) is 4.18. The molecule has 1 N–H and O–H groups in total. The van der Waals surface area contributed by atoms with E-state index in [0.717, 1.165) is 19.5 Å².